The molecular weight excluding hydrogens is 222 g/mol. The van der Waals surface area contributed by atoms with Crippen LogP contribution in [0.1, 0.15) is 27.7 Å². The van der Waals surface area contributed by atoms with Crippen molar-refractivity contribution >= 4 is 17.7 Å². The van der Waals surface area contributed by atoms with Gasteiger partial charge in [0.1, 0.15) is 0 Å². The monoisotopic (exact) mass is 245 g/mol. The van der Waals surface area contributed by atoms with Gasteiger partial charge in [-0.25, -0.2) is 5.84 Å². The summed E-state index contributed by atoms with van der Waals surface area (Å²) in [6.45, 7) is 9.51. The van der Waals surface area contributed by atoms with Crippen molar-refractivity contribution in [2.24, 2.45) is 11.8 Å². The third kappa shape index (κ3) is 2.90. The lowest BCUT2D eigenvalue weighted by molar-refractivity contribution is -0.129. The van der Waals surface area contributed by atoms with Crippen LogP contribution in [0.2, 0.25) is 0 Å². The average Bonchev–Trinajstić information content (AvgIpc) is 2.24. The van der Waals surface area contributed by atoms with Crippen LogP contribution < -0.4 is 11.3 Å². The largest absolute Gasteiger partial charge is 0.293 e. The minimum atomic E-state index is -0.108. The number of amides is 1. The second-order valence-electron chi connectivity index (χ2n) is 4.75. The molecule has 0 bridgehead atoms. The summed E-state index contributed by atoms with van der Waals surface area (Å²) in [5.74, 6) is 6.57. The first-order chi connectivity index (χ1) is 7.49. The van der Waals surface area contributed by atoms with Crippen LogP contribution in [0.25, 0.3) is 0 Å². The molecule has 1 amide bonds. The van der Waals surface area contributed by atoms with E-state index in [0.29, 0.717) is 11.3 Å². The number of rotatable bonds is 3. The predicted octanol–water partition coefficient (Wildman–Crippen LogP) is 0.827. The summed E-state index contributed by atoms with van der Waals surface area (Å²) in [5, 5.41) is 0.570. The van der Waals surface area contributed by atoms with Crippen molar-refractivity contribution in [3.8, 4) is 0 Å². The molecule has 1 rings (SSSR count). The van der Waals surface area contributed by atoms with Crippen LogP contribution in [0.5, 0.6) is 0 Å². The minimum absolute atomic E-state index is 0.0686. The van der Waals surface area contributed by atoms with Gasteiger partial charge in [0.25, 0.3) is 5.91 Å². The van der Waals surface area contributed by atoms with Gasteiger partial charge in [0, 0.05) is 23.6 Å². The van der Waals surface area contributed by atoms with Gasteiger partial charge in [-0.2, -0.15) is 11.8 Å². The van der Waals surface area contributed by atoms with E-state index in [1.165, 1.54) is 0 Å². The van der Waals surface area contributed by atoms with Gasteiger partial charge in [0.05, 0.1) is 6.04 Å². The third-order valence-electron chi connectivity index (χ3n) is 3.33. The molecular formula is C11H23N3OS. The quantitative estimate of drug-likeness (QED) is 0.439. The van der Waals surface area contributed by atoms with Crippen LogP contribution in [-0.4, -0.2) is 40.4 Å². The van der Waals surface area contributed by atoms with Crippen LogP contribution in [0.4, 0.5) is 0 Å². The molecule has 3 unspecified atom stereocenters. The molecule has 0 radical (unpaired) electrons. The standard InChI is InChI=1S/C11H23N3OS/c1-7(2)10(11(15)13-12)14-5-6-16-9(4)8(14)3/h7-10H,5-6,12H2,1-4H3,(H,13,15). The maximum atomic E-state index is 11.8. The smallest absolute Gasteiger partial charge is 0.251 e. The number of nitrogens with one attached hydrogen (secondary N) is 1. The predicted molar refractivity (Wildman–Crippen MR) is 69.0 cm³/mol. The Labute approximate surface area is 102 Å². The van der Waals surface area contributed by atoms with E-state index < -0.39 is 0 Å². The SMILES string of the molecule is CC(C)C(C(=O)NN)N1CCSC(C)C1C. The van der Waals surface area contributed by atoms with Crippen molar-refractivity contribution in [1.82, 2.24) is 10.3 Å². The molecule has 0 spiro atoms. The molecule has 0 aromatic carbocycles. The van der Waals surface area contributed by atoms with Crippen molar-refractivity contribution in [1.29, 1.82) is 0 Å². The lowest BCUT2D eigenvalue weighted by Gasteiger charge is -2.43. The summed E-state index contributed by atoms with van der Waals surface area (Å²) in [4.78, 5) is 14.1. The highest BCUT2D eigenvalue weighted by Gasteiger charge is 2.35. The van der Waals surface area contributed by atoms with Crippen LogP contribution in [-0.2, 0) is 4.79 Å². The van der Waals surface area contributed by atoms with Crippen molar-refractivity contribution in [3.05, 3.63) is 0 Å². The van der Waals surface area contributed by atoms with E-state index in [2.05, 4.69) is 38.0 Å². The summed E-state index contributed by atoms with van der Waals surface area (Å²) in [6.07, 6.45) is 0. The van der Waals surface area contributed by atoms with Gasteiger partial charge in [-0.1, -0.05) is 20.8 Å². The number of hydrazine groups is 1. The highest BCUT2D eigenvalue weighted by Crippen LogP contribution is 2.27. The highest BCUT2D eigenvalue weighted by atomic mass is 32.2. The summed E-state index contributed by atoms with van der Waals surface area (Å²) < 4.78 is 0. The molecule has 3 N–H and O–H groups in total. The van der Waals surface area contributed by atoms with Crippen LogP contribution in [0.3, 0.4) is 0 Å². The lowest BCUT2D eigenvalue weighted by atomic mass is 9.99. The van der Waals surface area contributed by atoms with Gasteiger partial charge in [-0.3, -0.25) is 15.1 Å². The highest BCUT2D eigenvalue weighted by molar-refractivity contribution is 8.00. The third-order valence-corrected chi connectivity index (χ3v) is 4.67. The van der Waals surface area contributed by atoms with Gasteiger partial charge in [0.2, 0.25) is 0 Å². The first kappa shape index (κ1) is 13.8. The second kappa shape index (κ2) is 5.89. The molecule has 1 saturated heterocycles. The van der Waals surface area contributed by atoms with E-state index in [4.69, 9.17) is 5.84 Å². The number of nitrogens with zero attached hydrogens (tertiary/aromatic N) is 1. The molecule has 0 saturated carbocycles. The van der Waals surface area contributed by atoms with Crippen LogP contribution in [0.15, 0.2) is 0 Å². The normalized spacial score (nSPS) is 29.1. The Morgan fingerprint density at radius 2 is 2.12 bits per heavy atom. The minimum Gasteiger partial charge on any atom is -0.293 e. The first-order valence-electron chi connectivity index (χ1n) is 5.86. The molecule has 1 aliphatic rings. The Hall–Kier alpha value is -0.260. The van der Waals surface area contributed by atoms with E-state index in [0.717, 1.165) is 12.3 Å². The summed E-state index contributed by atoms with van der Waals surface area (Å²) in [6, 6.07) is 0.312. The number of thioether (sulfide) groups is 1. The molecule has 16 heavy (non-hydrogen) atoms. The van der Waals surface area contributed by atoms with Gasteiger partial charge in [-0.15, -0.1) is 0 Å². The number of hydrogen-bond donors (Lipinski definition) is 2. The molecule has 0 aromatic heterocycles. The molecule has 0 aliphatic carbocycles. The van der Waals surface area contributed by atoms with Gasteiger partial charge < -0.3 is 0 Å². The fourth-order valence-electron chi connectivity index (χ4n) is 2.27. The van der Waals surface area contributed by atoms with Crippen LogP contribution >= 0.6 is 11.8 Å². The number of carbonyl (C=O) groups excluding carboxylic acids is 1. The van der Waals surface area contributed by atoms with Crippen LogP contribution in [0, 0.1) is 5.92 Å². The Morgan fingerprint density at radius 3 is 2.62 bits per heavy atom. The molecule has 1 heterocycles. The van der Waals surface area contributed by atoms with Crippen molar-refractivity contribution in [3.63, 3.8) is 0 Å². The Kier molecular flexibility index (Phi) is 5.08. The summed E-state index contributed by atoms with van der Waals surface area (Å²) in [7, 11) is 0. The molecule has 4 nitrogen and oxygen atoms in total. The Balaban J connectivity index is 2.80. The van der Waals surface area contributed by atoms with E-state index in [1.54, 1.807) is 0 Å². The maximum Gasteiger partial charge on any atom is 0.251 e. The Bertz CT molecular complexity index is 247. The van der Waals surface area contributed by atoms with Crippen molar-refractivity contribution in [2.45, 2.75) is 45.0 Å². The van der Waals surface area contributed by atoms with E-state index >= 15 is 0 Å². The van der Waals surface area contributed by atoms with E-state index in [1.807, 2.05) is 11.8 Å². The lowest BCUT2D eigenvalue weighted by Crippen LogP contribution is -2.58. The second-order valence-corrected chi connectivity index (χ2v) is 6.24. The molecule has 3 atom stereocenters. The zero-order chi connectivity index (χ0) is 12.3. The van der Waals surface area contributed by atoms with Crippen molar-refractivity contribution in [2.75, 3.05) is 12.3 Å². The number of nitrogens with two attached hydrogens (primary N) is 1. The summed E-state index contributed by atoms with van der Waals surface area (Å²) >= 11 is 1.97. The molecule has 1 aliphatic heterocycles. The molecule has 1 fully saturated rings. The maximum absolute atomic E-state index is 11.8. The fraction of sp³-hybridized carbons (Fsp3) is 0.909. The zero-order valence-electron chi connectivity index (χ0n) is 10.6. The molecule has 94 valence electrons. The zero-order valence-corrected chi connectivity index (χ0v) is 11.4. The first-order valence-corrected chi connectivity index (χ1v) is 6.91. The van der Waals surface area contributed by atoms with Gasteiger partial charge in [-0.05, 0) is 12.8 Å². The average molecular weight is 245 g/mol. The van der Waals surface area contributed by atoms with Crippen molar-refractivity contribution < 1.29 is 4.79 Å². The number of hydrogen-bond acceptors (Lipinski definition) is 4. The molecule has 0 aromatic rings. The fourth-order valence-corrected chi connectivity index (χ4v) is 3.39. The number of carbonyl (C=O) groups is 1. The van der Waals surface area contributed by atoms with Gasteiger partial charge >= 0.3 is 0 Å². The van der Waals surface area contributed by atoms with E-state index in [9.17, 15) is 4.79 Å². The Morgan fingerprint density at radius 1 is 1.50 bits per heavy atom. The molecule has 5 heteroatoms. The van der Waals surface area contributed by atoms with E-state index in [-0.39, 0.29) is 17.9 Å². The van der Waals surface area contributed by atoms with Gasteiger partial charge in [0.15, 0.2) is 0 Å². The topological polar surface area (TPSA) is 58.4 Å². The summed E-state index contributed by atoms with van der Waals surface area (Å²) in [5.41, 5.74) is 2.29.